The number of hydroxylamine groups is 1. The highest BCUT2D eigenvalue weighted by Gasteiger charge is 2.43. The van der Waals surface area contributed by atoms with E-state index in [0.717, 1.165) is 12.3 Å². The Bertz CT molecular complexity index is 1260. The van der Waals surface area contributed by atoms with Crippen molar-refractivity contribution in [3.63, 3.8) is 0 Å². The Morgan fingerprint density at radius 3 is 2.52 bits per heavy atom. The highest BCUT2D eigenvalue weighted by atomic mass is 32.2. The maximum atomic E-state index is 15.1. The molecule has 1 aromatic heterocycles. The van der Waals surface area contributed by atoms with Gasteiger partial charge in [0.25, 0.3) is 5.91 Å². The average molecular weight is 453 g/mol. The molecule has 0 bridgehead atoms. The first-order valence-electron chi connectivity index (χ1n) is 9.15. The number of hydrogen-bond donors (Lipinski definition) is 2. The molecule has 2 aromatic carbocycles. The Morgan fingerprint density at radius 1 is 1.26 bits per heavy atom. The Balaban J connectivity index is 1.96. The predicted octanol–water partition coefficient (Wildman–Crippen LogP) is 2.69. The second-order valence-electron chi connectivity index (χ2n) is 7.29. The summed E-state index contributed by atoms with van der Waals surface area (Å²) in [7, 11) is -2.48. The molecule has 8 nitrogen and oxygen atoms in total. The second-order valence-corrected chi connectivity index (χ2v) is 9.74. The van der Waals surface area contributed by atoms with Gasteiger partial charge in [0.2, 0.25) is 0 Å². The van der Waals surface area contributed by atoms with Crippen molar-refractivity contribution >= 4 is 26.6 Å². The summed E-state index contributed by atoms with van der Waals surface area (Å²) in [6, 6.07) is 7.00. The van der Waals surface area contributed by atoms with Crippen molar-refractivity contribution in [2.75, 3.05) is 13.4 Å². The number of amides is 1. The third kappa shape index (κ3) is 4.10. The minimum Gasteiger partial charge on any atom is -0.497 e. The van der Waals surface area contributed by atoms with Crippen LogP contribution in [0.25, 0.3) is 22.0 Å². The van der Waals surface area contributed by atoms with E-state index in [-0.39, 0.29) is 35.0 Å². The molecule has 1 heterocycles. The summed E-state index contributed by atoms with van der Waals surface area (Å²) >= 11 is 0. The number of sulfone groups is 1. The number of rotatable bonds is 7. The molecule has 0 spiro atoms. The molecule has 1 amide bonds. The van der Waals surface area contributed by atoms with Crippen LogP contribution in [0.5, 0.6) is 5.75 Å². The number of benzene rings is 2. The SMILES string of the molecule is COc1ccc(-c2ccc3nn(CCC(C)(C(=O)NO)S(C)(=O)=O)cc3c2F)c(F)c1. The third-order valence-corrected chi connectivity index (χ3v) is 7.38. The van der Waals surface area contributed by atoms with Gasteiger partial charge >= 0.3 is 0 Å². The highest BCUT2D eigenvalue weighted by molar-refractivity contribution is 7.92. The van der Waals surface area contributed by atoms with E-state index in [0.29, 0.717) is 5.75 Å². The lowest BCUT2D eigenvalue weighted by Crippen LogP contribution is -2.49. The molecule has 0 aliphatic carbocycles. The summed E-state index contributed by atoms with van der Waals surface area (Å²) in [6.45, 7) is 1.14. The zero-order chi connectivity index (χ0) is 23.0. The fraction of sp³-hybridized carbons (Fsp3) is 0.300. The summed E-state index contributed by atoms with van der Waals surface area (Å²) in [6.07, 6.45) is 2.03. The number of nitrogens with zero attached hydrogens (tertiary/aromatic N) is 2. The lowest BCUT2D eigenvalue weighted by atomic mass is 10.0. The van der Waals surface area contributed by atoms with E-state index in [2.05, 4.69) is 5.10 Å². The van der Waals surface area contributed by atoms with E-state index in [1.54, 1.807) is 0 Å². The number of methoxy groups -OCH3 is 1. The molecule has 2 N–H and O–H groups in total. The molecule has 166 valence electrons. The molecular weight excluding hydrogens is 432 g/mol. The van der Waals surface area contributed by atoms with E-state index in [1.807, 2.05) is 0 Å². The number of ether oxygens (including phenoxy) is 1. The second kappa shape index (κ2) is 8.23. The van der Waals surface area contributed by atoms with Crippen molar-refractivity contribution < 1.29 is 31.9 Å². The summed E-state index contributed by atoms with van der Waals surface area (Å²) < 4.78 is 58.0. The van der Waals surface area contributed by atoms with Crippen molar-refractivity contribution in [3.8, 4) is 16.9 Å². The van der Waals surface area contributed by atoms with Gasteiger partial charge in [-0.2, -0.15) is 5.10 Å². The molecule has 0 fully saturated rings. The number of aryl methyl sites for hydroxylation is 1. The van der Waals surface area contributed by atoms with Gasteiger partial charge < -0.3 is 4.74 Å². The van der Waals surface area contributed by atoms with Gasteiger partial charge in [0, 0.05) is 36.2 Å². The molecule has 3 rings (SSSR count). The maximum Gasteiger partial charge on any atom is 0.264 e. The first-order valence-corrected chi connectivity index (χ1v) is 11.0. The Labute approximate surface area is 177 Å². The summed E-state index contributed by atoms with van der Waals surface area (Å²) in [5.41, 5.74) is 1.74. The quantitative estimate of drug-likeness (QED) is 0.420. The van der Waals surface area contributed by atoms with Gasteiger partial charge in [0.05, 0.1) is 18.0 Å². The summed E-state index contributed by atoms with van der Waals surface area (Å²) in [4.78, 5) is 11.9. The van der Waals surface area contributed by atoms with Crippen LogP contribution in [0.2, 0.25) is 0 Å². The van der Waals surface area contributed by atoms with Gasteiger partial charge in [-0.3, -0.25) is 14.7 Å². The van der Waals surface area contributed by atoms with Crippen LogP contribution >= 0.6 is 0 Å². The zero-order valence-electron chi connectivity index (χ0n) is 17.0. The zero-order valence-corrected chi connectivity index (χ0v) is 17.8. The smallest absolute Gasteiger partial charge is 0.264 e. The molecule has 0 saturated carbocycles. The standard InChI is InChI=1S/C20H21F2N3O5S/c1-20(19(26)24-27,31(3,28)29)8-9-25-11-15-17(23-25)7-6-14(18(15)22)13-5-4-12(30-2)10-16(13)21/h4-7,10-11,27H,8-9H2,1-3H3,(H,24,26). The fourth-order valence-corrected chi connectivity index (χ4v) is 4.03. The van der Waals surface area contributed by atoms with E-state index < -0.39 is 32.1 Å². The minimum absolute atomic E-state index is 0.0350. The van der Waals surface area contributed by atoms with Crippen LogP contribution in [0.15, 0.2) is 36.5 Å². The Morgan fingerprint density at radius 2 is 1.94 bits per heavy atom. The van der Waals surface area contributed by atoms with Gasteiger partial charge in [0.1, 0.15) is 17.4 Å². The number of hydrogen-bond acceptors (Lipinski definition) is 6. The summed E-state index contributed by atoms with van der Waals surface area (Å²) in [5, 5.41) is 13.2. The average Bonchev–Trinajstić information content (AvgIpc) is 3.15. The third-order valence-electron chi connectivity index (χ3n) is 5.36. The molecule has 3 aromatic rings. The number of fused-ring (bicyclic) bond motifs is 1. The van der Waals surface area contributed by atoms with Crippen LogP contribution in [0.4, 0.5) is 8.78 Å². The Hall–Kier alpha value is -3.05. The van der Waals surface area contributed by atoms with Crippen molar-refractivity contribution in [3.05, 3.63) is 48.2 Å². The normalized spacial score (nSPS) is 13.7. The van der Waals surface area contributed by atoms with E-state index in [4.69, 9.17) is 9.94 Å². The molecule has 1 atom stereocenters. The first kappa shape index (κ1) is 22.6. The van der Waals surface area contributed by atoms with Crippen molar-refractivity contribution in [1.29, 1.82) is 0 Å². The van der Waals surface area contributed by atoms with Gasteiger partial charge in [-0.05, 0) is 37.6 Å². The van der Waals surface area contributed by atoms with Gasteiger partial charge in [-0.25, -0.2) is 22.7 Å². The molecule has 1 unspecified atom stereocenters. The highest BCUT2D eigenvalue weighted by Crippen LogP contribution is 2.32. The van der Waals surface area contributed by atoms with Crippen LogP contribution in [0.3, 0.4) is 0 Å². The molecule has 0 saturated heterocycles. The van der Waals surface area contributed by atoms with Crippen LogP contribution in [0, 0.1) is 11.6 Å². The monoisotopic (exact) mass is 453 g/mol. The van der Waals surface area contributed by atoms with E-state index in [1.165, 1.54) is 54.7 Å². The van der Waals surface area contributed by atoms with Crippen LogP contribution in [0.1, 0.15) is 13.3 Å². The molecule has 31 heavy (non-hydrogen) atoms. The predicted molar refractivity (Wildman–Crippen MR) is 109 cm³/mol. The number of carbonyl (C=O) groups is 1. The van der Waals surface area contributed by atoms with Gasteiger partial charge in [-0.1, -0.05) is 0 Å². The molecule has 0 aliphatic heterocycles. The van der Waals surface area contributed by atoms with Crippen molar-refractivity contribution in [1.82, 2.24) is 15.3 Å². The molecule has 0 aliphatic rings. The number of aromatic nitrogens is 2. The number of carbonyl (C=O) groups excluding carboxylic acids is 1. The minimum atomic E-state index is -3.88. The van der Waals surface area contributed by atoms with Crippen molar-refractivity contribution in [2.45, 2.75) is 24.6 Å². The van der Waals surface area contributed by atoms with Crippen molar-refractivity contribution in [2.24, 2.45) is 0 Å². The largest absolute Gasteiger partial charge is 0.497 e. The fourth-order valence-electron chi connectivity index (χ4n) is 3.19. The van der Waals surface area contributed by atoms with Crippen LogP contribution < -0.4 is 10.2 Å². The van der Waals surface area contributed by atoms with Gasteiger partial charge in [-0.15, -0.1) is 0 Å². The van der Waals surface area contributed by atoms with E-state index in [9.17, 15) is 17.6 Å². The molecule has 11 heteroatoms. The van der Waals surface area contributed by atoms with Crippen LogP contribution in [-0.2, 0) is 21.2 Å². The Kier molecular flexibility index (Phi) is 6.01. The molecule has 0 radical (unpaired) electrons. The lowest BCUT2D eigenvalue weighted by Gasteiger charge is -2.24. The van der Waals surface area contributed by atoms with Crippen LogP contribution in [-0.4, -0.2) is 47.4 Å². The lowest BCUT2D eigenvalue weighted by molar-refractivity contribution is -0.131. The summed E-state index contributed by atoms with van der Waals surface area (Å²) in [5.74, 6) is -2.11. The molecular formula is C20H21F2N3O5S. The first-order chi connectivity index (χ1) is 14.5. The number of halogens is 2. The number of nitrogens with one attached hydrogen (secondary N) is 1. The maximum absolute atomic E-state index is 15.1. The topological polar surface area (TPSA) is 111 Å². The van der Waals surface area contributed by atoms with Gasteiger partial charge in [0.15, 0.2) is 14.6 Å². The van der Waals surface area contributed by atoms with E-state index >= 15 is 4.39 Å².